The van der Waals surface area contributed by atoms with Crippen LogP contribution in [0.15, 0.2) is 30.3 Å². The minimum atomic E-state index is -0.460. The zero-order valence-corrected chi connectivity index (χ0v) is 11.8. The third-order valence-electron chi connectivity index (χ3n) is 3.12. The van der Waals surface area contributed by atoms with Gasteiger partial charge >= 0.3 is 0 Å². The molecule has 0 spiro atoms. The maximum absolute atomic E-state index is 10.3. The summed E-state index contributed by atoms with van der Waals surface area (Å²) in [5.41, 5.74) is 2.28. The summed E-state index contributed by atoms with van der Waals surface area (Å²) in [7, 11) is 1.66. The van der Waals surface area contributed by atoms with Crippen LogP contribution in [0.4, 0.5) is 0 Å². The number of para-hydroxylation sites is 1. The first kappa shape index (κ1) is 13.1. The number of rotatable bonds is 4. The predicted octanol–water partition coefficient (Wildman–Crippen LogP) is 3.65. The van der Waals surface area contributed by atoms with Crippen molar-refractivity contribution in [3.05, 3.63) is 51.2 Å². The number of methoxy groups -OCH3 is 1. The molecule has 0 aliphatic rings. The molecule has 1 heterocycles. The molecule has 0 bridgehead atoms. The number of hydrogen-bond donors (Lipinski definition) is 1. The number of hydrogen-bond acceptors (Lipinski definition) is 3. The van der Waals surface area contributed by atoms with E-state index in [1.165, 1.54) is 10.4 Å². The largest absolute Gasteiger partial charge is 0.496 e. The normalized spacial score (nSPS) is 12.4. The van der Waals surface area contributed by atoms with Crippen LogP contribution in [0.2, 0.25) is 0 Å². The van der Waals surface area contributed by atoms with Gasteiger partial charge in [0.05, 0.1) is 13.2 Å². The molecule has 1 atom stereocenters. The Morgan fingerprint density at radius 2 is 2.00 bits per heavy atom. The topological polar surface area (TPSA) is 29.5 Å². The quantitative estimate of drug-likeness (QED) is 0.911. The minimum Gasteiger partial charge on any atom is -0.496 e. The second-order valence-electron chi connectivity index (χ2n) is 4.42. The van der Waals surface area contributed by atoms with E-state index in [0.717, 1.165) is 16.2 Å². The van der Waals surface area contributed by atoms with E-state index < -0.39 is 6.10 Å². The number of benzene rings is 1. The van der Waals surface area contributed by atoms with Gasteiger partial charge in [-0.2, -0.15) is 0 Å². The Morgan fingerprint density at radius 1 is 1.28 bits per heavy atom. The molecule has 0 fully saturated rings. The van der Waals surface area contributed by atoms with Gasteiger partial charge in [-0.15, -0.1) is 11.3 Å². The molecule has 3 heteroatoms. The molecule has 96 valence electrons. The van der Waals surface area contributed by atoms with Gasteiger partial charge in [0, 0.05) is 16.2 Å². The van der Waals surface area contributed by atoms with Crippen molar-refractivity contribution in [2.45, 2.75) is 26.4 Å². The van der Waals surface area contributed by atoms with E-state index in [-0.39, 0.29) is 0 Å². The molecule has 0 aliphatic carbocycles. The highest BCUT2D eigenvalue weighted by atomic mass is 32.1. The van der Waals surface area contributed by atoms with E-state index in [0.29, 0.717) is 6.42 Å². The molecule has 1 aromatic carbocycles. The Hall–Kier alpha value is -1.32. The van der Waals surface area contributed by atoms with Crippen molar-refractivity contribution in [2.75, 3.05) is 7.11 Å². The van der Waals surface area contributed by atoms with E-state index in [1.807, 2.05) is 24.3 Å². The average molecular weight is 262 g/mol. The van der Waals surface area contributed by atoms with Gasteiger partial charge in [-0.1, -0.05) is 18.2 Å². The first-order valence-corrected chi connectivity index (χ1v) is 6.80. The summed E-state index contributed by atoms with van der Waals surface area (Å²) in [5, 5.41) is 10.3. The Bertz CT molecular complexity index is 512. The molecule has 2 aromatic rings. The molecule has 2 rings (SSSR count). The van der Waals surface area contributed by atoms with Gasteiger partial charge in [0.1, 0.15) is 5.75 Å². The Balaban J connectivity index is 2.18. The van der Waals surface area contributed by atoms with Gasteiger partial charge in [0.25, 0.3) is 0 Å². The van der Waals surface area contributed by atoms with Crippen molar-refractivity contribution < 1.29 is 9.84 Å². The van der Waals surface area contributed by atoms with Crippen LogP contribution in [0.5, 0.6) is 5.75 Å². The van der Waals surface area contributed by atoms with Crippen LogP contribution in [0.3, 0.4) is 0 Å². The van der Waals surface area contributed by atoms with Crippen molar-refractivity contribution in [1.82, 2.24) is 0 Å². The van der Waals surface area contributed by atoms with Crippen molar-refractivity contribution in [1.29, 1.82) is 0 Å². The summed E-state index contributed by atoms with van der Waals surface area (Å²) in [6.45, 7) is 4.16. The molecule has 0 saturated carbocycles. The number of ether oxygens (including phenoxy) is 1. The Morgan fingerprint density at radius 3 is 2.61 bits per heavy atom. The maximum Gasteiger partial charge on any atom is 0.122 e. The van der Waals surface area contributed by atoms with Crippen molar-refractivity contribution >= 4 is 11.3 Å². The highest BCUT2D eigenvalue weighted by Crippen LogP contribution is 2.30. The van der Waals surface area contributed by atoms with Gasteiger partial charge in [-0.25, -0.2) is 0 Å². The Kier molecular flexibility index (Phi) is 4.04. The molecule has 0 saturated heterocycles. The zero-order chi connectivity index (χ0) is 13.1. The summed E-state index contributed by atoms with van der Waals surface area (Å²) in [6.07, 6.45) is 0.127. The second-order valence-corrected chi connectivity index (χ2v) is 5.71. The number of aryl methyl sites for hydroxylation is 2. The van der Waals surface area contributed by atoms with Crippen molar-refractivity contribution in [3.8, 4) is 5.75 Å². The molecule has 1 N–H and O–H groups in total. The lowest BCUT2D eigenvalue weighted by molar-refractivity contribution is 0.181. The summed E-state index contributed by atoms with van der Waals surface area (Å²) in [6, 6.07) is 9.89. The average Bonchev–Trinajstić information content (AvgIpc) is 2.70. The van der Waals surface area contributed by atoms with Gasteiger partial charge in [-0.05, 0) is 37.1 Å². The first-order chi connectivity index (χ1) is 8.61. The van der Waals surface area contributed by atoms with Crippen LogP contribution in [0, 0.1) is 13.8 Å². The standard InChI is InChI=1S/C15H18O2S/c1-10-8-15(18-11(10)2)13(16)9-12-6-4-5-7-14(12)17-3/h4-8,13,16H,9H2,1-3H3. The summed E-state index contributed by atoms with van der Waals surface area (Å²) in [5.74, 6) is 0.835. The van der Waals surface area contributed by atoms with Crippen LogP contribution < -0.4 is 4.74 Å². The number of aliphatic hydroxyl groups is 1. The van der Waals surface area contributed by atoms with E-state index >= 15 is 0 Å². The van der Waals surface area contributed by atoms with E-state index in [9.17, 15) is 5.11 Å². The molecule has 1 aromatic heterocycles. The van der Waals surface area contributed by atoms with Crippen molar-refractivity contribution in [2.24, 2.45) is 0 Å². The van der Waals surface area contributed by atoms with E-state index in [2.05, 4.69) is 19.9 Å². The summed E-state index contributed by atoms with van der Waals surface area (Å²) in [4.78, 5) is 2.29. The zero-order valence-electron chi connectivity index (χ0n) is 10.9. The second kappa shape index (κ2) is 5.55. The van der Waals surface area contributed by atoms with Crippen LogP contribution in [0.25, 0.3) is 0 Å². The van der Waals surface area contributed by atoms with E-state index in [1.54, 1.807) is 18.4 Å². The Labute approximate surface area is 112 Å². The highest BCUT2D eigenvalue weighted by Gasteiger charge is 2.14. The highest BCUT2D eigenvalue weighted by molar-refractivity contribution is 7.12. The lowest BCUT2D eigenvalue weighted by atomic mass is 10.1. The molecule has 0 amide bonds. The van der Waals surface area contributed by atoms with Crippen LogP contribution >= 0.6 is 11.3 Å². The molecule has 0 aliphatic heterocycles. The molecule has 1 unspecified atom stereocenters. The predicted molar refractivity (Wildman–Crippen MR) is 75.5 cm³/mol. The van der Waals surface area contributed by atoms with E-state index in [4.69, 9.17) is 4.74 Å². The fraction of sp³-hybridized carbons (Fsp3) is 0.333. The third-order valence-corrected chi connectivity index (χ3v) is 4.37. The maximum atomic E-state index is 10.3. The molecule has 18 heavy (non-hydrogen) atoms. The molecule has 0 radical (unpaired) electrons. The molecular formula is C15H18O2S. The van der Waals surface area contributed by atoms with Crippen LogP contribution in [0.1, 0.15) is 27.0 Å². The first-order valence-electron chi connectivity index (χ1n) is 5.98. The molecular weight excluding hydrogens is 244 g/mol. The fourth-order valence-corrected chi connectivity index (χ4v) is 2.98. The lowest BCUT2D eigenvalue weighted by Crippen LogP contribution is -2.01. The summed E-state index contributed by atoms with van der Waals surface area (Å²) < 4.78 is 5.30. The third kappa shape index (κ3) is 2.74. The number of thiophene rings is 1. The molecule has 2 nitrogen and oxygen atoms in total. The van der Waals surface area contributed by atoms with Gasteiger partial charge in [0.2, 0.25) is 0 Å². The SMILES string of the molecule is COc1ccccc1CC(O)c1cc(C)c(C)s1. The van der Waals surface area contributed by atoms with Gasteiger partial charge in [-0.3, -0.25) is 0 Å². The lowest BCUT2D eigenvalue weighted by Gasteiger charge is -2.12. The monoisotopic (exact) mass is 262 g/mol. The van der Waals surface area contributed by atoms with Gasteiger partial charge in [0.15, 0.2) is 0 Å². The van der Waals surface area contributed by atoms with Crippen LogP contribution in [-0.2, 0) is 6.42 Å². The fourth-order valence-electron chi connectivity index (χ4n) is 1.95. The minimum absolute atomic E-state index is 0.460. The number of aliphatic hydroxyl groups excluding tert-OH is 1. The smallest absolute Gasteiger partial charge is 0.122 e. The summed E-state index contributed by atoms with van der Waals surface area (Å²) >= 11 is 1.66. The van der Waals surface area contributed by atoms with Crippen molar-refractivity contribution in [3.63, 3.8) is 0 Å². The van der Waals surface area contributed by atoms with Crippen LogP contribution in [-0.4, -0.2) is 12.2 Å². The van der Waals surface area contributed by atoms with Gasteiger partial charge < -0.3 is 9.84 Å².